The highest BCUT2D eigenvalue weighted by molar-refractivity contribution is 5.85. The van der Waals surface area contributed by atoms with Gasteiger partial charge in [-0.25, -0.2) is 4.39 Å². The van der Waals surface area contributed by atoms with Crippen molar-refractivity contribution in [3.8, 4) is 0 Å². The topological polar surface area (TPSA) is 32.3 Å². The SMILES string of the molecule is CC1CC(c2ccc(F)cc2)CN1C(=O)CNCC1CC1.Cl. The number of hydrogen-bond acceptors (Lipinski definition) is 2. The lowest BCUT2D eigenvalue weighted by molar-refractivity contribution is -0.130. The van der Waals surface area contributed by atoms with Crippen LogP contribution in [0.15, 0.2) is 24.3 Å². The van der Waals surface area contributed by atoms with Gasteiger partial charge in [0.1, 0.15) is 5.82 Å². The number of nitrogens with one attached hydrogen (secondary N) is 1. The second-order valence-electron chi connectivity index (χ2n) is 6.45. The first-order valence-corrected chi connectivity index (χ1v) is 7.89. The van der Waals surface area contributed by atoms with Crippen molar-refractivity contribution < 1.29 is 9.18 Å². The molecule has 1 aliphatic carbocycles. The quantitative estimate of drug-likeness (QED) is 0.902. The van der Waals surface area contributed by atoms with E-state index in [1.165, 1.54) is 25.0 Å². The smallest absolute Gasteiger partial charge is 0.236 e. The molecule has 1 heterocycles. The van der Waals surface area contributed by atoms with E-state index >= 15 is 0 Å². The summed E-state index contributed by atoms with van der Waals surface area (Å²) < 4.78 is 13.0. The van der Waals surface area contributed by atoms with Crippen LogP contribution in [0, 0.1) is 11.7 Å². The molecule has 2 aliphatic rings. The van der Waals surface area contributed by atoms with Crippen LogP contribution in [0.4, 0.5) is 4.39 Å². The predicted molar refractivity (Wildman–Crippen MR) is 87.8 cm³/mol. The van der Waals surface area contributed by atoms with Crippen molar-refractivity contribution in [3.05, 3.63) is 35.6 Å². The number of amides is 1. The fourth-order valence-electron chi connectivity index (χ4n) is 3.16. The molecular formula is C17H24ClFN2O. The third kappa shape index (κ3) is 4.20. The molecule has 5 heteroatoms. The highest BCUT2D eigenvalue weighted by Crippen LogP contribution is 2.31. The van der Waals surface area contributed by atoms with E-state index in [0.717, 1.165) is 31.0 Å². The average molecular weight is 327 g/mol. The summed E-state index contributed by atoms with van der Waals surface area (Å²) in [5.41, 5.74) is 1.13. The van der Waals surface area contributed by atoms with Crippen LogP contribution in [0.5, 0.6) is 0 Å². The predicted octanol–water partition coefficient (Wildman–Crippen LogP) is 2.95. The highest BCUT2D eigenvalue weighted by Gasteiger charge is 2.33. The molecule has 1 aliphatic heterocycles. The Labute approximate surface area is 137 Å². The number of carbonyl (C=O) groups is 1. The summed E-state index contributed by atoms with van der Waals surface area (Å²) in [6, 6.07) is 6.94. The number of rotatable bonds is 5. The molecule has 1 saturated carbocycles. The zero-order valence-corrected chi connectivity index (χ0v) is 13.7. The van der Waals surface area contributed by atoms with Gasteiger partial charge in [0.05, 0.1) is 6.54 Å². The largest absolute Gasteiger partial charge is 0.338 e. The molecule has 0 spiro atoms. The van der Waals surface area contributed by atoms with Crippen molar-refractivity contribution in [3.63, 3.8) is 0 Å². The Kier molecular flexibility index (Phi) is 5.81. The van der Waals surface area contributed by atoms with Gasteiger partial charge in [-0.1, -0.05) is 12.1 Å². The van der Waals surface area contributed by atoms with E-state index in [0.29, 0.717) is 12.5 Å². The molecule has 2 atom stereocenters. The molecule has 22 heavy (non-hydrogen) atoms. The van der Waals surface area contributed by atoms with E-state index < -0.39 is 0 Å². The Morgan fingerprint density at radius 2 is 2.00 bits per heavy atom. The Morgan fingerprint density at radius 3 is 2.64 bits per heavy atom. The van der Waals surface area contributed by atoms with Crippen LogP contribution in [-0.2, 0) is 4.79 Å². The first-order chi connectivity index (χ1) is 10.1. The summed E-state index contributed by atoms with van der Waals surface area (Å²) in [6.45, 7) is 4.26. The molecule has 0 radical (unpaired) electrons. The molecule has 3 rings (SSSR count). The zero-order valence-electron chi connectivity index (χ0n) is 12.9. The molecule has 3 nitrogen and oxygen atoms in total. The Balaban J connectivity index is 0.00000176. The van der Waals surface area contributed by atoms with Gasteiger partial charge in [-0.15, -0.1) is 12.4 Å². The van der Waals surface area contributed by atoms with Crippen molar-refractivity contribution in [2.45, 2.75) is 38.1 Å². The summed E-state index contributed by atoms with van der Waals surface area (Å²) in [7, 11) is 0. The van der Waals surface area contributed by atoms with Crippen molar-refractivity contribution in [2.75, 3.05) is 19.6 Å². The molecule has 0 aromatic heterocycles. The molecule has 2 unspecified atom stereocenters. The van der Waals surface area contributed by atoms with Crippen LogP contribution in [-0.4, -0.2) is 36.5 Å². The molecule has 1 N–H and O–H groups in total. The highest BCUT2D eigenvalue weighted by atomic mass is 35.5. The number of carbonyl (C=O) groups excluding carboxylic acids is 1. The lowest BCUT2D eigenvalue weighted by atomic mass is 9.97. The van der Waals surface area contributed by atoms with E-state index in [9.17, 15) is 9.18 Å². The maximum Gasteiger partial charge on any atom is 0.236 e. The molecule has 122 valence electrons. The first kappa shape index (κ1) is 17.2. The molecule has 1 amide bonds. The average Bonchev–Trinajstić information content (AvgIpc) is 3.20. The number of nitrogens with zero attached hydrogens (tertiary/aromatic N) is 1. The molecule has 2 fully saturated rings. The van der Waals surface area contributed by atoms with Crippen LogP contribution >= 0.6 is 12.4 Å². The zero-order chi connectivity index (χ0) is 14.8. The summed E-state index contributed by atoms with van der Waals surface area (Å²) in [5.74, 6) is 1.10. The van der Waals surface area contributed by atoms with E-state index in [1.54, 1.807) is 0 Å². The molecule has 1 aromatic carbocycles. The van der Waals surface area contributed by atoms with Crippen LogP contribution < -0.4 is 5.32 Å². The maximum absolute atomic E-state index is 13.0. The van der Waals surface area contributed by atoms with Crippen LogP contribution in [0.3, 0.4) is 0 Å². The number of halogens is 2. The summed E-state index contributed by atoms with van der Waals surface area (Å²) in [5, 5.41) is 3.27. The van der Waals surface area contributed by atoms with Gasteiger partial charge in [0.25, 0.3) is 0 Å². The lowest BCUT2D eigenvalue weighted by Gasteiger charge is -2.21. The summed E-state index contributed by atoms with van der Waals surface area (Å²) in [6.07, 6.45) is 3.56. The fourth-order valence-corrected chi connectivity index (χ4v) is 3.16. The number of benzene rings is 1. The Morgan fingerprint density at radius 1 is 1.32 bits per heavy atom. The third-order valence-electron chi connectivity index (χ3n) is 4.64. The second-order valence-corrected chi connectivity index (χ2v) is 6.45. The van der Waals surface area contributed by atoms with Gasteiger partial charge in [0, 0.05) is 18.5 Å². The van der Waals surface area contributed by atoms with E-state index in [-0.39, 0.29) is 30.2 Å². The minimum Gasteiger partial charge on any atom is -0.338 e. The van der Waals surface area contributed by atoms with Crippen molar-refractivity contribution in [1.82, 2.24) is 10.2 Å². The second kappa shape index (κ2) is 7.42. The monoisotopic (exact) mass is 326 g/mol. The van der Waals surface area contributed by atoms with E-state index in [1.807, 2.05) is 17.0 Å². The summed E-state index contributed by atoms with van der Waals surface area (Å²) >= 11 is 0. The van der Waals surface area contributed by atoms with Gasteiger partial charge in [0.2, 0.25) is 5.91 Å². The maximum atomic E-state index is 13.0. The van der Waals surface area contributed by atoms with Crippen LogP contribution in [0.2, 0.25) is 0 Å². The Hall–Kier alpha value is -1.13. The molecule has 0 bridgehead atoms. The minimum absolute atomic E-state index is 0. The fraction of sp³-hybridized carbons (Fsp3) is 0.588. The third-order valence-corrected chi connectivity index (χ3v) is 4.64. The Bertz CT molecular complexity index is 504. The van der Waals surface area contributed by atoms with Crippen molar-refractivity contribution in [1.29, 1.82) is 0 Å². The van der Waals surface area contributed by atoms with Crippen LogP contribution in [0.1, 0.15) is 37.7 Å². The van der Waals surface area contributed by atoms with Gasteiger partial charge in [-0.2, -0.15) is 0 Å². The normalized spacial score (nSPS) is 24.2. The van der Waals surface area contributed by atoms with E-state index in [4.69, 9.17) is 0 Å². The summed E-state index contributed by atoms with van der Waals surface area (Å²) in [4.78, 5) is 14.3. The van der Waals surface area contributed by atoms with Gasteiger partial charge in [-0.05, 0) is 56.3 Å². The van der Waals surface area contributed by atoms with Crippen LogP contribution in [0.25, 0.3) is 0 Å². The number of likely N-dealkylation sites (tertiary alicyclic amines) is 1. The van der Waals surface area contributed by atoms with Crippen molar-refractivity contribution in [2.24, 2.45) is 5.92 Å². The lowest BCUT2D eigenvalue weighted by Crippen LogP contribution is -2.40. The van der Waals surface area contributed by atoms with Crippen molar-refractivity contribution >= 4 is 18.3 Å². The van der Waals surface area contributed by atoms with Gasteiger partial charge >= 0.3 is 0 Å². The minimum atomic E-state index is -0.206. The van der Waals surface area contributed by atoms with Gasteiger partial charge < -0.3 is 10.2 Å². The standard InChI is InChI=1S/C17H23FN2O.ClH/c1-12-8-15(14-4-6-16(18)7-5-14)11-20(12)17(21)10-19-9-13-2-3-13;/h4-7,12-13,15,19H,2-3,8-11H2,1H3;1H. The molecular weight excluding hydrogens is 303 g/mol. The first-order valence-electron chi connectivity index (χ1n) is 7.89. The van der Waals surface area contributed by atoms with E-state index in [2.05, 4.69) is 12.2 Å². The number of hydrogen-bond donors (Lipinski definition) is 1. The van der Waals surface area contributed by atoms with Gasteiger partial charge in [-0.3, -0.25) is 4.79 Å². The molecule has 1 saturated heterocycles. The molecule has 1 aromatic rings. The van der Waals surface area contributed by atoms with Gasteiger partial charge in [0.15, 0.2) is 0 Å².